The Bertz CT molecular complexity index is 718. The van der Waals surface area contributed by atoms with E-state index in [0.717, 1.165) is 29.9 Å². The zero-order valence-electron chi connectivity index (χ0n) is 13.1. The normalized spacial score (nSPS) is 10.5. The Hall–Kier alpha value is -2.43. The van der Waals surface area contributed by atoms with Crippen LogP contribution in [0.2, 0.25) is 0 Å². The van der Waals surface area contributed by atoms with Gasteiger partial charge in [0, 0.05) is 24.1 Å². The Balaban J connectivity index is 2.24. The minimum Gasteiger partial charge on any atom is -0.465 e. The van der Waals surface area contributed by atoms with Crippen LogP contribution in [0.4, 0.5) is 0 Å². The van der Waals surface area contributed by atoms with Crippen LogP contribution in [0.25, 0.3) is 0 Å². The fraction of sp³-hybridized carbons (Fsp3) is 0.353. The number of benzene rings is 1. The number of H-pyrrole nitrogens is 1. The van der Waals surface area contributed by atoms with Crippen LogP contribution in [-0.2, 0) is 17.6 Å². The number of nitrogens with zero attached hydrogens (tertiary/aromatic N) is 1. The van der Waals surface area contributed by atoms with E-state index in [2.05, 4.69) is 14.7 Å². The Kier molecular flexibility index (Phi) is 5.09. The van der Waals surface area contributed by atoms with E-state index in [1.54, 1.807) is 12.1 Å². The van der Waals surface area contributed by atoms with Crippen LogP contribution < -0.4 is 5.56 Å². The number of aryl methyl sites for hydroxylation is 2. The molecule has 0 bridgehead atoms. The van der Waals surface area contributed by atoms with E-state index in [4.69, 9.17) is 0 Å². The number of methoxy groups -OCH3 is 1. The summed E-state index contributed by atoms with van der Waals surface area (Å²) in [5.74, 6) is 0.362. The second-order valence-corrected chi connectivity index (χ2v) is 5.19. The monoisotopic (exact) mass is 300 g/mol. The van der Waals surface area contributed by atoms with Crippen molar-refractivity contribution in [3.8, 4) is 0 Å². The van der Waals surface area contributed by atoms with Gasteiger partial charge in [-0.15, -0.1) is 0 Å². The second-order valence-electron chi connectivity index (χ2n) is 5.19. The van der Waals surface area contributed by atoms with Crippen molar-refractivity contribution in [1.29, 1.82) is 0 Å². The third kappa shape index (κ3) is 3.61. The topological polar surface area (TPSA) is 72.0 Å². The van der Waals surface area contributed by atoms with Crippen LogP contribution in [0.3, 0.4) is 0 Å². The van der Waals surface area contributed by atoms with Crippen LogP contribution in [-0.4, -0.2) is 23.0 Å². The van der Waals surface area contributed by atoms with Gasteiger partial charge in [-0.25, -0.2) is 9.78 Å². The molecule has 0 unspecified atom stereocenters. The second kappa shape index (κ2) is 7.02. The van der Waals surface area contributed by atoms with Gasteiger partial charge in [-0.3, -0.25) is 4.79 Å². The standard InChI is InChI=1S/C17H20N2O3/c1-4-5-15-18-11(2)14(16(20)19-15)10-12-6-8-13(9-7-12)17(21)22-3/h6-9H,4-5,10H2,1-3H3,(H,18,19,20). The molecule has 5 nitrogen and oxygen atoms in total. The molecule has 1 aromatic carbocycles. The average Bonchev–Trinajstić information content (AvgIpc) is 2.51. The third-order valence-corrected chi connectivity index (χ3v) is 3.51. The molecule has 0 saturated carbocycles. The van der Waals surface area contributed by atoms with Crippen molar-refractivity contribution in [2.45, 2.75) is 33.1 Å². The van der Waals surface area contributed by atoms with Crippen molar-refractivity contribution in [3.05, 3.63) is 62.8 Å². The lowest BCUT2D eigenvalue weighted by Crippen LogP contribution is -2.19. The maximum Gasteiger partial charge on any atom is 0.337 e. The summed E-state index contributed by atoms with van der Waals surface area (Å²) < 4.78 is 4.66. The van der Waals surface area contributed by atoms with E-state index in [0.29, 0.717) is 17.5 Å². The number of esters is 1. The van der Waals surface area contributed by atoms with Gasteiger partial charge in [0.05, 0.1) is 12.7 Å². The number of rotatable bonds is 5. The average molecular weight is 300 g/mol. The Labute approximate surface area is 129 Å². The van der Waals surface area contributed by atoms with Gasteiger partial charge in [0.15, 0.2) is 0 Å². The van der Waals surface area contributed by atoms with Crippen LogP contribution in [0.1, 0.15) is 46.3 Å². The van der Waals surface area contributed by atoms with Crippen molar-refractivity contribution in [1.82, 2.24) is 9.97 Å². The van der Waals surface area contributed by atoms with Crippen molar-refractivity contribution in [2.75, 3.05) is 7.11 Å². The summed E-state index contributed by atoms with van der Waals surface area (Å²) in [6.45, 7) is 3.90. The van der Waals surface area contributed by atoms with Gasteiger partial charge in [0.25, 0.3) is 5.56 Å². The summed E-state index contributed by atoms with van der Waals surface area (Å²) in [6.07, 6.45) is 2.20. The van der Waals surface area contributed by atoms with Crippen LogP contribution in [0.5, 0.6) is 0 Å². The molecule has 2 aromatic rings. The highest BCUT2D eigenvalue weighted by molar-refractivity contribution is 5.89. The largest absolute Gasteiger partial charge is 0.465 e. The quantitative estimate of drug-likeness (QED) is 0.861. The lowest BCUT2D eigenvalue weighted by molar-refractivity contribution is 0.0600. The molecule has 0 spiro atoms. The SMILES string of the molecule is CCCc1nc(C)c(Cc2ccc(C(=O)OC)cc2)c(=O)[nH]1. The first-order chi connectivity index (χ1) is 10.5. The molecule has 116 valence electrons. The number of hydrogen-bond donors (Lipinski definition) is 1. The molecule has 0 radical (unpaired) electrons. The first kappa shape index (κ1) is 15.9. The summed E-state index contributed by atoms with van der Waals surface area (Å²) in [7, 11) is 1.35. The summed E-state index contributed by atoms with van der Waals surface area (Å²) in [5.41, 5.74) is 2.77. The van der Waals surface area contributed by atoms with Crippen LogP contribution in [0, 0.1) is 6.92 Å². The molecule has 0 aliphatic carbocycles. The summed E-state index contributed by atoms with van der Waals surface area (Å²) in [6, 6.07) is 7.04. The lowest BCUT2D eigenvalue weighted by Gasteiger charge is -2.07. The van der Waals surface area contributed by atoms with Crippen molar-refractivity contribution in [2.24, 2.45) is 0 Å². The van der Waals surface area contributed by atoms with Gasteiger partial charge in [-0.1, -0.05) is 19.1 Å². The van der Waals surface area contributed by atoms with Gasteiger partial charge in [-0.05, 0) is 31.0 Å². The molecule has 0 saturated heterocycles. The summed E-state index contributed by atoms with van der Waals surface area (Å²) in [4.78, 5) is 30.9. The molecule has 22 heavy (non-hydrogen) atoms. The highest BCUT2D eigenvalue weighted by Gasteiger charge is 2.10. The van der Waals surface area contributed by atoms with Gasteiger partial charge in [-0.2, -0.15) is 0 Å². The van der Waals surface area contributed by atoms with Crippen molar-refractivity contribution < 1.29 is 9.53 Å². The molecule has 5 heteroatoms. The Morgan fingerprint density at radius 2 is 1.95 bits per heavy atom. The minimum atomic E-state index is -0.369. The molecular formula is C17H20N2O3. The molecule has 0 aliphatic rings. The van der Waals surface area contributed by atoms with Crippen LogP contribution in [0.15, 0.2) is 29.1 Å². The molecule has 1 heterocycles. The number of ether oxygens (including phenoxy) is 1. The maximum absolute atomic E-state index is 12.2. The minimum absolute atomic E-state index is 0.0898. The molecule has 0 fully saturated rings. The predicted octanol–water partition coefficient (Wildman–Crippen LogP) is 2.41. The highest BCUT2D eigenvalue weighted by atomic mass is 16.5. The fourth-order valence-electron chi connectivity index (χ4n) is 2.31. The molecule has 0 aliphatic heterocycles. The molecule has 2 rings (SSSR count). The number of nitrogens with one attached hydrogen (secondary N) is 1. The van der Waals surface area contributed by atoms with Crippen molar-refractivity contribution >= 4 is 5.97 Å². The van der Waals surface area contributed by atoms with E-state index >= 15 is 0 Å². The predicted molar refractivity (Wildman–Crippen MR) is 84.2 cm³/mol. The summed E-state index contributed by atoms with van der Waals surface area (Å²) >= 11 is 0. The molecule has 1 N–H and O–H groups in total. The van der Waals surface area contributed by atoms with Gasteiger partial charge in [0.1, 0.15) is 5.82 Å². The van der Waals surface area contributed by atoms with Gasteiger partial charge < -0.3 is 9.72 Å². The fourth-order valence-corrected chi connectivity index (χ4v) is 2.31. The van der Waals surface area contributed by atoms with Crippen LogP contribution >= 0.6 is 0 Å². The number of aromatic nitrogens is 2. The van der Waals surface area contributed by atoms with E-state index in [1.165, 1.54) is 7.11 Å². The van der Waals surface area contributed by atoms with E-state index in [1.807, 2.05) is 26.0 Å². The zero-order valence-corrected chi connectivity index (χ0v) is 13.1. The number of carbonyl (C=O) groups excluding carboxylic acids is 1. The first-order valence-electron chi connectivity index (χ1n) is 7.31. The van der Waals surface area contributed by atoms with Crippen molar-refractivity contribution in [3.63, 3.8) is 0 Å². The number of carbonyl (C=O) groups is 1. The molecule has 1 aromatic heterocycles. The maximum atomic E-state index is 12.2. The van der Waals surface area contributed by atoms with E-state index in [9.17, 15) is 9.59 Å². The molecule has 0 amide bonds. The number of hydrogen-bond acceptors (Lipinski definition) is 4. The number of aromatic amines is 1. The Morgan fingerprint density at radius 3 is 2.50 bits per heavy atom. The van der Waals surface area contributed by atoms with E-state index in [-0.39, 0.29) is 11.5 Å². The summed E-state index contributed by atoms with van der Waals surface area (Å²) in [5, 5.41) is 0. The van der Waals surface area contributed by atoms with Gasteiger partial charge >= 0.3 is 5.97 Å². The highest BCUT2D eigenvalue weighted by Crippen LogP contribution is 2.11. The first-order valence-corrected chi connectivity index (χ1v) is 7.31. The molecular weight excluding hydrogens is 280 g/mol. The molecule has 0 atom stereocenters. The Morgan fingerprint density at radius 1 is 1.27 bits per heavy atom. The lowest BCUT2D eigenvalue weighted by atomic mass is 10.0. The zero-order chi connectivity index (χ0) is 16.1. The third-order valence-electron chi connectivity index (χ3n) is 3.51. The smallest absolute Gasteiger partial charge is 0.337 e. The van der Waals surface area contributed by atoms with E-state index < -0.39 is 0 Å². The van der Waals surface area contributed by atoms with Gasteiger partial charge in [0.2, 0.25) is 0 Å².